The van der Waals surface area contributed by atoms with E-state index in [4.69, 9.17) is 11.6 Å². The number of aromatic nitrogens is 4. The SMILES string of the molecule is O=Cc1c(Cl)cccc1Sc1nnnn1C1CCCC1. The van der Waals surface area contributed by atoms with E-state index in [1.54, 1.807) is 6.07 Å². The highest BCUT2D eigenvalue weighted by molar-refractivity contribution is 7.99. The van der Waals surface area contributed by atoms with Gasteiger partial charge in [-0.2, -0.15) is 0 Å². The predicted molar refractivity (Wildman–Crippen MR) is 76.3 cm³/mol. The first-order valence-electron chi connectivity index (χ1n) is 6.49. The van der Waals surface area contributed by atoms with E-state index in [0.717, 1.165) is 24.0 Å². The molecule has 104 valence electrons. The summed E-state index contributed by atoms with van der Waals surface area (Å²) in [6.07, 6.45) is 5.41. The molecule has 0 amide bonds. The third-order valence-electron chi connectivity index (χ3n) is 3.47. The van der Waals surface area contributed by atoms with Crippen LogP contribution in [0.5, 0.6) is 0 Å². The van der Waals surface area contributed by atoms with Crippen LogP contribution in [0, 0.1) is 0 Å². The first-order chi connectivity index (χ1) is 9.79. The van der Waals surface area contributed by atoms with Gasteiger partial charge in [0.05, 0.1) is 11.1 Å². The zero-order chi connectivity index (χ0) is 13.9. The van der Waals surface area contributed by atoms with E-state index in [1.165, 1.54) is 24.6 Å². The highest BCUT2D eigenvalue weighted by Gasteiger charge is 2.22. The summed E-state index contributed by atoms with van der Waals surface area (Å²) in [4.78, 5) is 11.9. The summed E-state index contributed by atoms with van der Waals surface area (Å²) in [5.41, 5.74) is 0.486. The smallest absolute Gasteiger partial charge is 0.214 e. The van der Waals surface area contributed by atoms with Gasteiger partial charge in [-0.15, -0.1) is 5.10 Å². The van der Waals surface area contributed by atoms with Gasteiger partial charge in [0.2, 0.25) is 5.16 Å². The van der Waals surface area contributed by atoms with Crippen LogP contribution in [0.25, 0.3) is 0 Å². The van der Waals surface area contributed by atoms with Gasteiger partial charge in [0.15, 0.2) is 6.29 Å². The molecule has 0 bridgehead atoms. The van der Waals surface area contributed by atoms with Crippen molar-refractivity contribution in [3.8, 4) is 0 Å². The molecule has 0 saturated heterocycles. The number of carbonyl (C=O) groups is 1. The maximum absolute atomic E-state index is 11.2. The summed E-state index contributed by atoms with van der Waals surface area (Å²) in [7, 11) is 0. The molecule has 2 aromatic rings. The third kappa shape index (κ3) is 2.58. The second kappa shape index (κ2) is 5.93. The average molecular weight is 309 g/mol. The molecular formula is C13H13ClN4OS. The number of hydrogen-bond donors (Lipinski definition) is 0. The molecule has 1 aliphatic carbocycles. The zero-order valence-corrected chi connectivity index (χ0v) is 12.3. The van der Waals surface area contributed by atoms with Gasteiger partial charge in [-0.3, -0.25) is 4.79 Å². The van der Waals surface area contributed by atoms with Gasteiger partial charge >= 0.3 is 0 Å². The van der Waals surface area contributed by atoms with Crippen LogP contribution < -0.4 is 0 Å². The van der Waals surface area contributed by atoms with Crippen molar-refractivity contribution < 1.29 is 4.79 Å². The number of rotatable bonds is 4. The molecule has 3 rings (SSSR count). The second-order valence-electron chi connectivity index (χ2n) is 4.72. The number of hydrogen-bond acceptors (Lipinski definition) is 5. The van der Waals surface area contributed by atoms with E-state index in [2.05, 4.69) is 15.5 Å². The first kappa shape index (κ1) is 13.6. The Hall–Kier alpha value is -1.40. The fraction of sp³-hybridized carbons (Fsp3) is 0.385. The molecule has 7 heteroatoms. The normalized spacial score (nSPS) is 15.7. The summed E-state index contributed by atoms with van der Waals surface area (Å²) in [6, 6.07) is 5.75. The van der Waals surface area contributed by atoms with Crippen molar-refractivity contribution in [1.29, 1.82) is 0 Å². The molecule has 0 radical (unpaired) electrons. The molecule has 20 heavy (non-hydrogen) atoms. The minimum Gasteiger partial charge on any atom is -0.298 e. The van der Waals surface area contributed by atoms with E-state index in [9.17, 15) is 4.79 Å². The quantitative estimate of drug-likeness (QED) is 0.810. The maximum atomic E-state index is 11.2. The molecule has 0 aliphatic heterocycles. The summed E-state index contributed by atoms with van der Waals surface area (Å²) in [5, 5.41) is 13.1. The largest absolute Gasteiger partial charge is 0.298 e. The van der Waals surface area contributed by atoms with Gasteiger partial charge in [0.25, 0.3) is 0 Å². The average Bonchev–Trinajstić information content (AvgIpc) is 3.09. The van der Waals surface area contributed by atoms with E-state index >= 15 is 0 Å². The van der Waals surface area contributed by atoms with Gasteiger partial charge in [0.1, 0.15) is 0 Å². The summed E-state index contributed by atoms with van der Waals surface area (Å²) >= 11 is 7.42. The minimum atomic E-state index is 0.367. The fourth-order valence-electron chi connectivity index (χ4n) is 2.45. The zero-order valence-electron chi connectivity index (χ0n) is 10.7. The lowest BCUT2D eigenvalue weighted by molar-refractivity contribution is 0.112. The van der Waals surface area contributed by atoms with Crippen LogP contribution in [0.4, 0.5) is 0 Å². The predicted octanol–water partition coefficient (Wildman–Crippen LogP) is 3.41. The van der Waals surface area contributed by atoms with Crippen molar-refractivity contribution >= 4 is 29.6 Å². The molecule has 1 heterocycles. The lowest BCUT2D eigenvalue weighted by Gasteiger charge is -2.11. The number of aldehydes is 1. The number of halogens is 1. The van der Waals surface area contributed by atoms with E-state index in [1.807, 2.05) is 16.8 Å². The van der Waals surface area contributed by atoms with Crippen LogP contribution >= 0.6 is 23.4 Å². The van der Waals surface area contributed by atoms with Crippen molar-refractivity contribution in [1.82, 2.24) is 20.2 Å². The van der Waals surface area contributed by atoms with Gasteiger partial charge in [-0.1, -0.05) is 30.5 Å². The number of nitrogens with zero attached hydrogens (tertiary/aromatic N) is 4. The highest BCUT2D eigenvalue weighted by atomic mass is 35.5. The molecule has 1 saturated carbocycles. The van der Waals surface area contributed by atoms with Crippen molar-refractivity contribution in [3.63, 3.8) is 0 Å². The van der Waals surface area contributed by atoms with Gasteiger partial charge in [-0.25, -0.2) is 4.68 Å². The van der Waals surface area contributed by atoms with Gasteiger partial charge in [-0.05, 0) is 47.2 Å². The van der Waals surface area contributed by atoms with Crippen LogP contribution in [0.2, 0.25) is 5.02 Å². The molecule has 1 aromatic carbocycles. The molecule has 1 aromatic heterocycles. The Labute approximate surface area is 125 Å². The molecule has 0 N–H and O–H groups in total. The molecule has 0 unspecified atom stereocenters. The van der Waals surface area contributed by atoms with Crippen molar-refractivity contribution in [3.05, 3.63) is 28.8 Å². The summed E-state index contributed by atoms with van der Waals surface area (Å²) < 4.78 is 1.87. The lowest BCUT2D eigenvalue weighted by Crippen LogP contribution is -2.08. The molecule has 0 atom stereocenters. The van der Waals surface area contributed by atoms with Crippen LogP contribution in [0.3, 0.4) is 0 Å². The minimum absolute atomic E-state index is 0.367. The standard InChI is InChI=1S/C13H13ClN4OS/c14-11-6-3-7-12(10(11)8-19)20-13-15-16-17-18(13)9-4-1-2-5-9/h3,6-9H,1-2,4-5H2. The third-order valence-corrected chi connectivity index (χ3v) is 4.82. The van der Waals surface area contributed by atoms with Gasteiger partial charge < -0.3 is 0 Å². The van der Waals surface area contributed by atoms with Crippen molar-refractivity contribution in [2.75, 3.05) is 0 Å². The Morgan fingerprint density at radius 3 is 2.90 bits per heavy atom. The van der Waals surface area contributed by atoms with Crippen LogP contribution in [-0.4, -0.2) is 26.5 Å². The number of carbonyl (C=O) groups excluding carboxylic acids is 1. The highest BCUT2D eigenvalue weighted by Crippen LogP contribution is 2.35. The summed E-state index contributed by atoms with van der Waals surface area (Å²) in [5.74, 6) is 0. The number of benzene rings is 1. The monoisotopic (exact) mass is 308 g/mol. The van der Waals surface area contributed by atoms with E-state index in [-0.39, 0.29) is 0 Å². The van der Waals surface area contributed by atoms with Crippen LogP contribution in [0.1, 0.15) is 42.1 Å². The molecular weight excluding hydrogens is 296 g/mol. The Morgan fingerprint density at radius 1 is 1.35 bits per heavy atom. The lowest BCUT2D eigenvalue weighted by atomic mass is 10.2. The molecule has 1 aliphatic rings. The first-order valence-corrected chi connectivity index (χ1v) is 7.68. The molecule has 0 spiro atoms. The van der Waals surface area contributed by atoms with E-state index < -0.39 is 0 Å². The summed E-state index contributed by atoms with van der Waals surface area (Å²) in [6.45, 7) is 0. The maximum Gasteiger partial charge on any atom is 0.214 e. The Morgan fingerprint density at radius 2 is 2.15 bits per heavy atom. The van der Waals surface area contributed by atoms with Gasteiger partial charge in [0, 0.05) is 10.5 Å². The Balaban J connectivity index is 1.90. The fourth-order valence-corrected chi connectivity index (χ4v) is 3.69. The van der Waals surface area contributed by atoms with Crippen LogP contribution in [-0.2, 0) is 0 Å². The second-order valence-corrected chi connectivity index (χ2v) is 6.13. The molecule has 5 nitrogen and oxygen atoms in total. The Kier molecular flexibility index (Phi) is 4.03. The van der Waals surface area contributed by atoms with Crippen molar-refractivity contribution in [2.24, 2.45) is 0 Å². The Bertz CT molecular complexity index is 625. The molecule has 1 fully saturated rings. The van der Waals surface area contributed by atoms with Crippen LogP contribution in [0.15, 0.2) is 28.3 Å². The van der Waals surface area contributed by atoms with Crippen molar-refractivity contribution in [2.45, 2.75) is 41.8 Å². The number of tetrazole rings is 1. The topological polar surface area (TPSA) is 60.7 Å². The van der Waals surface area contributed by atoms with E-state index in [0.29, 0.717) is 21.8 Å².